The van der Waals surface area contributed by atoms with Crippen LogP contribution < -0.4 is 0 Å². The van der Waals surface area contributed by atoms with E-state index in [1.165, 1.54) is 12.4 Å². The first-order valence-corrected chi connectivity index (χ1v) is 7.07. The van der Waals surface area contributed by atoms with Crippen LogP contribution in [0.5, 0.6) is 0 Å². The highest BCUT2D eigenvalue weighted by Gasteiger charge is 2.19. The van der Waals surface area contributed by atoms with E-state index in [0.29, 0.717) is 28.8 Å². The van der Waals surface area contributed by atoms with Crippen LogP contribution in [0.15, 0.2) is 24.7 Å². The topological polar surface area (TPSA) is 107 Å². The second-order valence-electron chi connectivity index (χ2n) is 5.23. The average molecular weight is 313 g/mol. The van der Waals surface area contributed by atoms with Crippen molar-refractivity contribution in [2.24, 2.45) is 0 Å². The lowest BCUT2D eigenvalue weighted by molar-refractivity contribution is -0.384. The lowest BCUT2D eigenvalue weighted by atomic mass is 10.2. The highest BCUT2D eigenvalue weighted by molar-refractivity contribution is 5.82. The van der Waals surface area contributed by atoms with Gasteiger partial charge in [-0.05, 0) is 19.9 Å². The lowest BCUT2D eigenvalue weighted by Crippen LogP contribution is -2.01. The molecular weight excluding hydrogens is 298 g/mol. The molecule has 0 amide bonds. The number of imidazole rings is 1. The van der Waals surface area contributed by atoms with Gasteiger partial charge in [-0.2, -0.15) is 0 Å². The summed E-state index contributed by atoms with van der Waals surface area (Å²) in [7, 11) is 0. The zero-order valence-corrected chi connectivity index (χ0v) is 12.7. The normalized spacial score (nSPS) is 11.1. The lowest BCUT2D eigenvalue weighted by Gasteiger charge is -2.07. The summed E-state index contributed by atoms with van der Waals surface area (Å²) in [5.74, 6) is 0. The van der Waals surface area contributed by atoms with Crippen LogP contribution in [0.2, 0.25) is 0 Å². The second-order valence-corrected chi connectivity index (χ2v) is 5.23. The van der Waals surface area contributed by atoms with Crippen LogP contribution in [0.1, 0.15) is 17.1 Å². The number of aryl methyl sites for hydroxylation is 2. The van der Waals surface area contributed by atoms with Crippen molar-refractivity contribution in [3.8, 4) is 5.69 Å². The van der Waals surface area contributed by atoms with E-state index in [-0.39, 0.29) is 12.3 Å². The highest BCUT2D eigenvalue weighted by atomic mass is 16.6. The van der Waals surface area contributed by atoms with Gasteiger partial charge in [-0.3, -0.25) is 14.7 Å². The van der Waals surface area contributed by atoms with Gasteiger partial charge in [0.1, 0.15) is 5.69 Å². The number of aliphatic hydroxyl groups is 1. The van der Waals surface area contributed by atoms with E-state index in [0.717, 1.165) is 11.4 Å². The van der Waals surface area contributed by atoms with Crippen molar-refractivity contribution >= 4 is 16.7 Å². The molecule has 0 bridgehead atoms. The molecule has 3 aromatic rings. The molecule has 1 N–H and O–H groups in total. The molecule has 2 heterocycles. The molecule has 1 aromatic carbocycles. The average Bonchev–Trinajstić information content (AvgIpc) is 2.96. The smallest absolute Gasteiger partial charge is 0.295 e. The summed E-state index contributed by atoms with van der Waals surface area (Å²) in [5, 5.41) is 20.4. The van der Waals surface area contributed by atoms with Gasteiger partial charge >= 0.3 is 0 Å². The fourth-order valence-electron chi connectivity index (χ4n) is 2.35. The molecule has 0 saturated heterocycles. The van der Waals surface area contributed by atoms with Crippen LogP contribution >= 0.6 is 0 Å². The second kappa shape index (κ2) is 5.73. The van der Waals surface area contributed by atoms with E-state index in [9.17, 15) is 10.1 Å². The Labute approximate surface area is 131 Å². The molecule has 0 atom stereocenters. The summed E-state index contributed by atoms with van der Waals surface area (Å²) in [6, 6.07) is 3.06. The summed E-state index contributed by atoms with van der Waals surface area (Å²) in [4.78, 5) is 23.9. The fraction of sp³-hybridized carbons (Fsp3) is 0.267. The van der Waals surface area contributed by atoms with E-state index < -0.39 is 4.92 Å². The van der Waals surface area contributed by atoms with Crippen molar-refractivity contribution in [1.29, 1.82) is 0 Å². The van der Waals surface area contributed by atoms with Crippen LogP contribution in [0, 0.1) is 24.0 Å². The number of rotatable bonds is 4. The Balaban J connectivity index is 2.22. The van der Waals surface area contributed by atoms with Gasteiger partial charge in [0, 0.05) is 25.3 Å². The number of aliphatic hydroxyl groups excluding tert-OH is 1. The zero-order valence-electron chi connectivity index (χ0n) is 12.7. The first-order valence-electron chi connectivity index (χ1n) is 7.07. The van der Waals surface area contributed by atoms with Gasteiger partial charge in [0.05, 0.1) is 39.4 Å². The quantitative estimate of drug-likeness (QED) is 0.582. The number of nitrogens with zero attached hydrogens (tertiary/aromatic N) is 5. The molecule has 8 heteroatoms. The summed E-state index contributed by atoms with van der Waals surface area (Å²) in [6.45, 7) is 3.64. The van der Waals surface area contributed by atoms with Gasteiger partial charge in [0.2, 0.25) is 0 Å². The third-order valence-electron chi connectivity index (χ3n) is 3.65. The van der Waals surface area contributed by atoms with E-state index in [4.69, 9.17) is 5.11 Å². The van der Waals surface area contributed by atoms with Gasteiger partial charge in [0.15, 0.2) is 0 Å². The highest BCUT2D eigenvalue weighted by Crippen LogP contribution is 2.28. The van der Waals surface area contributed by atoms with Gasteiger partial charge in [-0.25, -0.2) is 15.0 Å². The maximum Gasteiger partial charge on any atom is 0.295 e. The number of hydrogen-bond acceptors (Lipinski definition) is 6. The first-order chi connectivity index (χ1) is 11.0. The van der Waals surface area contributed by atoms with E-state index in [1.54, 1.807) is 16.8 Å². The van der Waals surface area contributed by atoms with E-state index in [2.05, 4.69) is 15.0 Å². The van der Waals surface area contributed by atoms with E-state index >= 15 is 0 Å². The van der Waals surface area contributed by atoms with Crippen molar-refractivity contribution < 1.29 is 10.0 Å². The zero-order chi connectivity index (χ0) is 16.6. The molecule has 0 aliphatic rings. The number of benzene rings is 1. The van der Waals surface area contributed by atoms with Crippen LogP contribution in [0.3, 0.4) is 0 Å². The minimum Gasteiger partial charge on any atom is -0.396 e. The van der Waals surface area contributed by atoms with Crippen molar-refractivity contribution in [1.82, 2.24) is 19.5 Å². The van der Waals surface area contributed by atoms with Crippen LogP contribution in [-0.2, 0) is 6.42 Å². The van der Waals surface area contributed by atoms with Crippen LogP contribution in [0.4, 0.5) is 5.69 Å². The number of nitro groups is 1. The third-order valence-corrected chi connectivity index (χ3v) is 3.65. The monoisotopic (exact) mass is 313 g/mol. The molecule has 0 aliphatic carbocycles. The number of hydrogen-bond donors (Lipinski definition) is 1. The molecule has 0 fully saturated rings. The standard InChI is InChI=1S/C15H15N5O3/c1-9-10(2)18-13-6-15(20(22)23)14(5-12(13)17-9)19-7-11(3-4-21)16-8-19/h5-8,21H,3-4H2,1-2H3. The Morgan fingerprint density at radius 3 is 2.48 bits per heavy atom. The molecule has 3 rings (SSSR count). The van der Waals surface area contributed by atoms with Crippen molar-refractivity contribution in [2.75, 3.05) is 6.61 Å². The Hall–Kier alpha value is -2.87. The molecule has 0 aliphatic heterocycles. The molecule has 0 radical (unpaired) electrons. The number of aromatic nitrogens is 4. The van der Waals surface area contributed by atoms with Crippen LogP contribution in [-0.4, -0.2) is 36.2 Å². The molecule has 8 nitrogen and oxygen atoms in total. The summed E-state index contributed by atoms with van der Waals surface area (Å²) >= 11 is 0. The summed E-state index contributed by atoms with van der Waals surface area (Å²) in [5.41, 5.74) is 3.56. The van der Waals surface area contributed by atoms with Crippen molar-refractivity contribution in [2.45, 2.75) is 20.3 Å². The fourth-order valence-corrected chi connectivity index (χ4v) is 2.35. The largest absolute Gasteiger partial charge is 0.396 e. The minimum atomic E-state index is -0.447. The molecule has 2 aromatic heterocycles. The predicted octanol–water partition coefficient (Wildman–Crippen LogP) is 1.88. The molecule has 118 valence electrons. The van der Waals surface area contributed by atoms with Gasteiger partial charge in [0.25, 0.3) is 5.69 Å². The molecule has 0 spiro atoms. The maximum atomic E-state index is 11.4. The number of fused-ring (bicyclic) bond motifs is 1. The molecular formula is C15H15N5O3. The molecule has 23 heavy (non-hydrogen) atoms. The third kappa shape index (κ3) is 2.76. The SMILES string of the molecule is Cc1nc2cc(-n3cnc(CCO)c3)c([N+](=O)[O-])cc2nc1C. The Kier molecular flexibility index (Phi) is 3.75. The Morgan fingerprint density at radius 1 is 1.22 bits per heavy atom. The van der Waals surface area contributed by atoms with Crippen LogP contribution in [0.25, 0.3) is 16.7 Å². The molecule has 0 unspecified atom stereocenters. The summed E-state index contributed by atoms with van der Waals surface area (Å²) < 4.78 is 1.57. The number of nitro benzene ring substituents is 1. The maximum absolute atomic E-state index is 11.4. The summed E-state index contributed by atoms with van der Waals surface area (Å²) in [6.07, 6.45) is 3.55. The first kappa shape index (κ1) is 15.0. The Bertz CT molecular complexity index is 904. The van der Waals surface area contributed by atoms with Crippen molar-refractivity contribution in [3.05, 3.63) is 51.9 Å². The van der Waals surface area contributed by atoms with Gasteiger partial charge in [-0.15, -0.1) is 0 Å². The van der Waals surface area contributed by atoms with Gasteiger partial charge < -0.3 is 5.11 Å². The minimum absolute atomic E-state index is 0.0270. The Morgan fingerprint density at radius 2 is 1.87 bits per heavy atom. The molecule has 0 saturated carbocycles. The van der Waals surface area contributed by atoms with Crippen molar-refractivity contribution in [3.63, 3.8) is 0 Å². The predicted molar refractivity (Wildman–Crippen MR) is 83.6 cm³/mol. The van der Waals surface area contributed by atoms with E-state index in [1.807, 2.05) is 13.8 Å². The van der Waals surface area contributed by atoms with Gasteiger partial charge in [-0.1, -0.05) is 0 Å².